The standard InChI is InChI=1S/C12H11NO3/c13-6-11(15)12(16)8-1-3-9-7(5-8)2-4-10(9)14/h1,3,5,11-12,15-16H,2,4H2. The Bertz CT molecular complexity index is 476. The third kappa shape index (κ3) is 1.71. The highest BCUT2D eigenvalue weighted by molar-refractivity contribution is 6.00. The number of Topliss-reactive ketones (excluding diaryl/α,β-unsaturated/α-hetero) is 1. The minimum atomic E-state index is -1.44. The van der Waals surface area contributed by atoms with Gasteiger partial charge in [-0.15, -0.1) is 0 Å². The lowest BCUT2D eigenvalue weighted by atomic mass is 10.00. The molecule has 0 aliphatic heterocycles. The summed E-state index contributed by atoms with van der Waals surface area (Å²) in [4.78, 5) is 11.4. The Morgan fingerprint density at radius 3 is 2.75 bits per heavy atom. The van der Waals surface area contributed by atoms with Crippen molar-refractivity contribution in [1.82, 2.24) is 0 Å². The van der Waals surface area contributed by atoms with Gasteiger partial charge in [-0.1, -0.05) is 18.2 Å². The lowest BCUT2D eigenvalue weighted by molar-refractivity contribution is 0.0527. The van der Waals surface area contributed by atoms with Crippen molar-refractivity contribution >= 4 is 5.78 Å². The van der Waals surface area contributed by atoms with Crippen molar-refractivity contribution in [3.63, 3.8) is 0 Å². The summed E-state index contributed by atoms with van der Waals surface area (Å²) in [5.41, 5.74) is 2.04. The van der Waals surface area contributed by atoms with E-state index in [9.17, 15) is 15.0 Å². The highest BCUT2D eigenvalue weighted by Gasteiger charge is 2.23. The predicted octanol–water partition coefficient (Wildman–Crippen LogP) is 0.733. The molecule has 0 heterocycles. The lowest BCUT2D eigenvalue weighted by Gasteiger charge is -2.12. The summed E-state index contributed by atoms with van der Waals surface area (Å²) in [5, 5.41) is 27.3. The van der Waals surface area contributed by atoms with E-state index in [1.807, 2.05) is 0 Å². The van der Waals surface area contributed by atoms with Crippen molar-refractivity contribution in [2.45, 2.75) is 25.0 Å². The fraction of sp³-hybridized carbons (Fsp3) is 0.333. The minimum Gasteiger partial charge on any atom is -0.385 e. The number of carbonyl (C=O) groups is 1. The average Bonchev–Trinajstić information content (AvgIpc) is 2.68. The van der Waals surface area contributed by atoms with Crippen molar-refractivity contribution in [2.75, 3.05) is 0 Å². The van der Waals surface area contributed by atoms with Gasteiger partial charge in [0.05, 0.1) is 6.07 Å². The number of nitrogens with zero attached hydrogens (tertiary/aromatic N) is 1. The van der Waals surface area contributed by atoms with E-state index in [0.717, 1.165) is 5.56 Å². The first-order valence-electron chi connectivity index (χ1n) is 5.05. The van der Waals surface area contributed by atoms with Crippen LogP contribution in [0.3, 0.4) is 0 Å². The van der Waals surface area contributed by atoms with Gasteiger partial charge in [0.15, 0.2) is 11.9 Å². The van der Waals surface area contributed by atoms with Crippen LogP contribution in [-0.4, -0.2) is 22.1 Å². The number of hydrogen-bond acceptors (Lipinski definition) is 4. The minimum absolute atomic E-state index is 0.108. The number of fused-ring (bicyclic) bond motifs is 1. The zero-order valence-corrected chi connectivity index (χ0v) is 8.55. The molecule has 1 aromatic carbocycles. The first-order valence-corrected chi connectivity index (χ1v) is 5.05. The summed E-state index contributed by atoms with van der Waals surface area (Å²) < 4.78 is 0. The monoisotopic (exact) mass is 217 g/mol. The molecule has 0 fully saturated rings. The van der Waals surface area contributed by atoms with Crippen LogP contribution in [0.1, 0.15) is 34.0 Å². The van der Waals surface area contributed by atoms with Gasteiger partial charge < -0.3 is 10.2 Å². The molecular formula is C12H11NO3. The molecule has 2 rings (SSSR count). The molecule has 16 heavy (non-hydrogen) atoms. The van der Waals surface area contributed by atoms with Gasteiger partial charge in [-0.05, 0) is 17.5 Å². The summed E-state index contributed by atoms with van der Waals surface area (Å²) >= 11 is 0. The van der Waals surface area contributed by atoms with Crippen molar-refractivity contribution < 1.29 is 15.0 Å². The molecule has 82 valence electrons. The summed E-state index contributed by atoms with van der Waals surface area (Å²) in [7, 11) is 0. The highest BCUT2D eigenvalue weighted by atomic mass is 16.3. The van der Waals surface area contributed by atoms with Gasteiger partial charge in [0.25, 0.3) is 0 Å². The molecule has 1 aromatic rings. The Balaban J connectivity index is 2.33. The molecule has 2 atom stereocenters. The van der Waals surface area contributed by atoms with E-state index in [0.29, 0.717) is 24.0 Å². The molecule has 0 bridgehead atoms. The van der Waals surface area contributed by atoms with Crippen LogP contribution in [0.4, 0.5) is 0 Å². The molecule has 2 N–H and O–H groups in total. The van der Waals surface area contributed by atoms with Gasteiger partial charge in [0, 0.05) is 12.0 Å². The second kappa shape index (κ2) is 4.05. The Morgan fingerprint density at radius 2 is 2.06 bits per heavy atom. The number of hydrogen-bond donors (Lipinski definition) is 2. The van der Waals surface area contributed by atoms with Gasteiger partial charge in [-0.25, -0.2) is 0 Å². The number of aryl methyl sites for hydroxylation is 1. The summed E-state index contributed by atoms with van der Waals surface area (Å²) in [6, 6.07) is 6.49. The third-order valence-corrected chi connectivity index (χ3v) is 2.82. The van der Waals surface area contributed by atoms with Gasteiger partial charge in [0.1, 0.15) is 6.10 Å². The Kier molecular flexibility index (Phi) is 2.73. The van der Waals surface area contributed by atoms with Crippen LogP contribution in [0.25, 0.3) is 0 Å². The van der Waals surface area contributed by atoms with E-state index in [-0.39, 0.29) is 5.78 Å². The SMILES string of the molecule is N#CC(O)C(O)c1ccc2c(c1)CCC2=O. The second-order valence-corrected chi connectivity index (χ2v) is 3.86. The second-order valence-electron chi connectivity index (χ2n) is 3.86. The fourth-order valence-electron chi connectivity index (χ4n) is 1.91. The third-order valence-electron chi connectivity index (χ3n) is 2.82. The molecule has 4 nitrogen and oxygen atoms in total. The number of aliphatic hydroxyl groups excluding tert-OH is 2. The van der Waals surface area contributed by atoms with Crippen LogP contribution < -0.4 is 0 Å². The maximum Gasteiger partial charge on any atom is 0.170 e. The molecule has 1 aliphatic rings. The van der Waals surface area contributed by atoms with E-state index in [1.165, 1.54) is 0 Å². The first kappa shape index (κ1) is 10.8. The molecule has 4 heteroatoms. The van der Waals surface area contributed by atoms with E-state index in [4.69, 9.17) is 5.26 Å². The lowest BCUT2D eigenvalue weighted by Crippen LogP contribution is -2.15. The first-order chi connectivity index (χ1) is 7.63. The summed E-state index contributed by atoms with van der Waals surface area (Å²) in [5.74, 6) is 0.108. The van der Waals surface area contributed by atoms with Crippen molar-refractivity contribution in [1.29, 1.82) is 5.26 Å². The van der Waals surface area contributed by atoms with E-state index in [1.54, 1.807) is 24.3 Å². The molecular weight excluding hydrogens is 206 g/mol. The Morgan fingerprint density at radius 1 is 1.31 bits per heavy atom. The molecule has 2 unspecified atom stereocenters. The molecule has 0 radical (unpaired) electrons. The maximum absolute atomic E-state index is 11.4. The topological polar surface area (TPSA) is 81.3 Å². The number of nitriles is 1. The van der Waals surface area contributed by atoms with Gasteiger partial charge in [0.2, 0.25) is 0 Å². The van der Waals surface area contributed by atoms with Crippen LogP contribution in [0, 0.1) is 11.3 Å². The number of rotatable bonds is 2. The van der Waals surface area contributed by atoms with Gasteiger partial charge >= 0.3 is 0 Å². The number of carbonyl (C=O) groups excluding carboxylic acids is 1. The number of aliphatic hydroxyl groups is 2. The van der Waals surface area contributed by atoms with Crippen LogP contribution in [0.5, 0.6) is 0 Å². The van der Waals surface area contributed by atoms with Gasteiger partial charge in [-0.2, -0.15) is 5.26 Å². The summed E-state index contributed by atoms with van der Waals surface area (Å²) in [6.45, 7) is 0. The zero-order valence-electron chi connectivity index (χ0n) is 8.55. The van der Waals surface area contributed by atoms with Crippen molar-refractivity contribution in [3.8, 4) is 6.07 Å². The van der Waals surface area contributed by atoms with E-state index >= 15 is 0 Å². The molecule has 0 saturated carbocycles. The average molecular weight is 217 g/mol. The summed E-state index contributed by atoms with van der Waals surface area (Å²) in [6.07, 6.45) is -1.49. The molecule has 0 spiro atoms. The molecule has 1 aliphatic carbocycles. The molecule has 0 amide bonds. The zero-order chi connectivity index (χ0) is 11.7. The maximum atomic E-state index is 11.4. The van der Waals surface area contributed by atoms with Crippen molar-refractivity contribution in [3.05, 3.63) is 34.9 Å². The smallest absolute Gasteiger partial charge is 0.170 e. The van der Waals surface area contributed by atoms with Crippen LogP contribution in [0.2, 0.25) is 0 Å². The number of ketones is 1. The Hall–Kier alpha value is -1.70. The molecule has 0 aromatic heterocycles. The number of benzene rings is 1. The van der Waals surface area contributed by atoms with E-state index < -0.39 is 12.2 Å². The van der Waals surface area contributed by atoms with E-state index in [2.05, 4.69) is 0 Å². The van der Waals surface area contributed by atoms with Crippen molar-refractivity contribution in [2.24, 2.45) is 0 Å². The quantitative estimate of drug-likeness (QED) is 0.715. The van der Waals surface area contributed by atoms with Crippen LogP contribution >= 0.6 is 0 Å². The predicted molar refractivity (Wildman–Crippen MR) is 55.7 cm³/mol. The fourth-order valence-corrected chi connectivity index (χ4v) is 1.91. The van der Waals surface area contributed by atoms with Crippen LogP contribution in [0.15, 0.2) is 18.2 Å². The normalized spacial score (nSPS) is 17.7. The largest absolute Gasteiger partial charge is 0.385 e. The molecule has 0 saturated heterocycles. The van der Waals surface area contributed by atoms with Gasteiger partial charge in [-0.3, -0.25) is 4.79 Å². The Labute approximate surface area is 92.8 Å². The highest BCUT2D eigenvalue weighted by Crippen LogP contribution is 2.26. The van der Waals surface area contributed by atoms with Crippen LogP contribution in [-0.2, 0) is 6.42 Å².